The van der Waals surface area contributed by atoms with Gasteiger partial charge in [0.05, 0.1) is 23.6 Å². The average Bonchev–Trinajstić information content (AvgIpc) is 2.71. The molecule has 0 saturated carbocycles. The van der Waals surface area contributed by atoms with Crippen molar-refractivity contribution >= 4 is 21.8 Å². The maximum absolute atomic E-state index is 12.6. The van der Waals surface area contributed by atoms with Gasteiger partial charge in [0.2, 0.25) is 0 Å². The van der Waals surface area contributed by atoms with Crippen LogP contribution in [0.2, 0.25) is 0 Å². The quantitative estimate of drug-likeness (QED) is 0.390. The minimum absolute atomic E-state index is 0.0245. The van der Waals surface area contributed by atoms with Gasteiger partial charge in [0.1, 0.15) is 23.0 Å². The third-order valence-electron chi connectivity index (χ3n) is 3.90. The van der Waals surface area contributed by atoms with Crippen LogP contribution in [0.4, 0.5) is 5.69 Å². The Hall–Kier alpha value is -3.66. The van der Waals surface area contributed by atoms with E-state index in [0.717, 1.165) is 11.3 Å². The average molecular weight is 429 g/mol. The van der Waals surface area contributed by atoms with Gasteiger partial charge in [-0.1, -0.05) is 12.1 Å². The second-order valence-electron chi connectivity index (χ2n) is 6.23. The summed E-state index contributed by atoms with van der Waals surface area (Å²) in [5.74, 6) is -0.916. The number of anilines is 1. The predicted octanol–water partition coefficient (Wildman–Crippen LogP) is 2.74. The zero-order valence-electron chi connectivity index (χ0n) is 16.0. The molecule has 0 spiro atoms. The Bertz CT molecular complexity index is 1140. The van der Waals surface area contributed by atoms with Crippen molar-refractivity contribution in [3.05, 3.63) is 72.1 Å². The monoisotopic (exact) mass is 429 g/mol. The number of carboxylic acids is 1. The van der Waals surface area contributed by atoms with Crippen molar-refractivity contribution in [2.24, 2.45) is 0 Å². The molecule has 0 atom stereocenters. The number of nitrogens with zero attached hydrogens (tertiary/aromatic N) is 2. The van der Waals surface area contributed by atoms with E-state index in [4.69, 9.17) is 8.92 Å². The minimum atomic E-state index is -4.35. The summed E-state index contributed by atoms with van der Waals surface area (Å²) < 4.78 is 36.1. The van der Waals surface area contributed by atoms with Gasteiger partial charge in [-0.2, -0.15) is 18.6 Å². The molecule has 0 saturated heterocycles. The van der Waals surface area contributed by atoms with E-state index in [1.165, 1.54) is 36.4 Å². The molecule has 3 rings (SSSR count). The molecule has 0 aliphatic heterocycles. The van der Waals surface area contributed by atoms with Crippen LogP contribution in [0.1, 0.15) is 15.9 Å². The van der Waals surface area contributed by atoms with Crippen LogP contribution in [0.3, 0.4) is 0 Å². The number of benzene rings is 2. The van der Waals surface area contributed by atoms with E-state index in [0.29, 0.717) is 18.9 Å². The van der Waals surface area contributed by atoms with Crippen LogP contribution < -0.4 is 14.2 Å². The number of carbonyl (C=O) groups is 1. The summed E-state index contributed by atoms with van der Waals surface area (Å²) in [4.78, 5) is 10.9. The molecule has 1 heterocycles. The molecule has 3 aromatic rings. The number of nitrogens with one attached hydrogen (secondary N) is 1. The maximum atomic E-state index is 12.6. The summed E-state index contributed by atoms with van der Waals surface area (Å²) >= 11 is 0. The molecule has 1 aromatic heterocycles. The molecule has 0 fully saturated rings. The SMILES string of the molecule is Cc1cc(OCCNc2ccnnc2)cc(OS(=O)(=O)c2ccccc2C(=O)O)c1. The molecule has 9 nitrogen and oxygen atoms in total. The number of hydrogen-bond acceptors (Lipinski definition) is 8. The first kappa shape index (κ1) is 21.1. The summed E-state index contributed by atoms with van der Waals surface area (Å²) in [7, 11) is -4.35. The number of carboxylic acid groups (broad SMARTS) is 1. The highest BCUT2D eigenvalue weighted by atomic mass is 32.2. The van der Waals surface area contributed by atoms with Gasteiger partial charge in [-0.25, -0.2) is 4.79 Å². The van der Waals surface area contributed by atoms with E-state index >= 15 is 0 Å². The zero-order valence-corrected chi connectivity index (χ0v) is 16.8. The van der Waals surface area contributed by atoms with Crippen LogP contribution in [0.5, 0.6) is 11.5 Å². The molecule has 2 N–H and O–H groups in total. The Kier molecular flexibility index (Phi) is 6.48. The van der Waals surface area contributed by atoms with Crippen molar-refractivity contribution in [2.75, 3.05) is 18.5 Å². The van der Waals surface area contributed by atoms with Crippen molar-refractivity contribution in [3.63, 3.8) is 0 Å². The normalized spacial score (nSPS) is 11.0. The number of hydrogen-bond donors (Lipinski definition) is 2. The molecule has 10 heteroatoms. The van der Waals surface area contributed by atoms with Gasteiger partial charge < -0.3 is 19.3 Å². The zero-order chi connectivity index (χ0) is 21.6. The van der Waals surface area contributed by atoms with Crippen molar-refractivity contribution in [2.45, 2.75) is 11.8 Å². The van der Waals surface area contributed by atoms with Crippen molar-refractivity contribution in [1.29, 1.82) is 0 Å². The molecular formula is C20H19N3O6S. The lowest BCUT2D eigenvalue weighted by atomic mass is 10.2. The highest BCUT2D eigenvalue weighted by Gasteiger charge is 2.24. The topological polar surface area (TPSA) is 128 Å². The number of aromatic carboxylic acids is 1. The van der Waals surface area contributed by atoms with Crippen molar-refractivity contribution in [3.8, 4) is 11.5 Å². The molecule has 0 aliphatic carbocycles. The number of aromatic nitrogens is 2. The van der Waals surface area contributed by atoms with E-state index in [9.17, 15) is 18.3 Å². The van der Waals surface area contributed by atoms with E-state index in [2.05, 4.69) is 15.5 Å². The van der Waals surface area contributed by atoms with Gasteiger partial charge in [-0.05, 0) is 42.8 Å². The number of rotatable bonds is 9. The number of aryl methyl sites for hydroxylation is 1. The lowest BCUT2D eigenvalue weighted by Gasteiger charge is -2.12. The molecule has 0 amide bonds. The van der Waals surface area contributed by atoms with E-state index < -0.39 is 21.0 Å². The lowest BCUT2D eigenvalue weighted by Crippen LogP contribution is -2.15. The molecule has 2 aromatic carbocycles. The van der Waals surface area contributed by atoms with Gasteiger partial charge >= 0.3 is 16.1 Å². The standard InChI is InChI=1S/C20H19N3O6S/c1-14-10-16(28-9-8-21-15-6-7-22-23-13-15)12-17(11-14)29-30(26,27)19-5-3-2-4-18(19)20(24)25/h2-7,10-13H,8-9H2,1H3,(H,21,22)(H,24,25). The first-order chi connectivity index (χ1) is 14.3. The van der Waals surface area contributed by atoms with Gasteiger partial charge in [-0.3, -0.25) is 0 Å². The molecular weight excluding hydrogens is 410 g/mol. The molecule has 0 unspecified atom stereocenters. The smallest absolute Gasteiger partial charge is 0.340 e. The molecule has 30 heavy (non-hydrogen) atoms. The van der Waals surface area contributed by atoms with E-state index in [1.54, 1.807) is 31.5 Å². The predicted molar refractivity (Wildman–Crippen MR) is 108 cm³/mol. The Morgan fingerprint density at radius 1 is 1.10 bits per heavy atom. The lowest BCUT2D eigenvalue weighted by molar-refractivity contribution is 0.0692. The van der Waals surface area contributed by atoms with Gasteiger partial charge in [0.15, 0.2) is 0 Å². The molecule has 0 radical (unpaired) electrons. The fraction of sp³-hybridized carbons (Fsp3) is 0.150. The third-order valence-corrected chi connectivity index (χ3v) is 5.21. The Balaban J connectivity index is 1.70. The Morgan fingerprint density at radius 3 is 2.60 bits per heavy atom. The van der Waals surface area contributed by atoms with Crippen LogP contribution >= 0.6 is 0 Å². The third kappa shape index (κ3) is 5.45. The van der Waals surface area contributed by atoms with Crippen LogP contribution in [0, 0.1) is 6.92 Å². The maximum Gasteiger partial charge on any atom is 0.340 e. The van der Waals surface area contributed by atoms with Gasteiger partial charge in [0.25, 0.3) is 0 Å². The van der Waals surface area contributed by atoms with Crippen LogP contribution in [0.15, 0.2) is 65.8 Å². The fourth-order valence-corrected chi connectivity index (χ4v) is 3.75. The highest BCUT2D eigenvalue weighted by molar-refractivity contribution is 7.87. The number of ether oxygens (including phenoxy) is 1. The van der Waals surface area contributed by atoms with Crippen LogP contribution in [-0.2, 0) is 10.1 Å². The summed E-state index contributed by atoms with van der Waals surface area (Å²) in [6.07, 6.45) is 3.15. The highest BCUT2D eigenvalue weighted by Crippen LogP contribution is 2.27. The van der Waals surface area contributed by atoms with E-state index in [-0.39, 0.29) is 11.3 Å². The van der Waals surface area contributed by atoms with Crippen molar-refractivity contribution < 1.29 is 27.2 Å². The summed E-state index contributed by atoms with van der Waals surface area (Å²) in [5.41, 5.74) is 1.15. The largest absolute Gasteiger partial charge is 0.492 e. The van der Waals surface area contributed by atoms with Gasteiger partial charge in [0, 0.05) is 12.6 Å². The van der Waals surface area contributed by atoms with E-state index in [1.807, 2.05) is 0 Å². The first-order valence-corrected chi connectivity index (χ1v) is 10.3. The molecule has 0 bridgehead atoms. The molecule has 0 aliphatic rings. The first-order valence-electron chi connectivity index (χ1n) is 8.87. The van der Waals surface area contributed by atoms with Crippen LogP contribution in [0.25, 0.3) is 0 Å². The second-order valence-corrected chi connectivity index (χ2v) is 7.74. The summed E-state index contributed by atoms with van der Waals surface area (Å²) in [6.45, 7) is 2.55. The molecule has 156 valence electrons. The summed E-state index contributed by atoms with van der Waals surface area (Å²) in [5, 5.41) is 19.8. The Labute approximate surface area is 173 Å². The van der Waals surface area contributed by atoms with Gasteiger partial charge in [-0.15, -0.1) is 0 Å². The van der Waals surface area contributed by atoms with Crippen LogP contribution in [-0.4, -0.2) is 42.8 Å². The van der Waals surface area contributed by atoms with Crippen molar-refractivity contribution in [1.82, 2.24) is 10.2 Å². The Morgan fingerprint density at radius 2 is 1.87 bits per heavy atom. The minimum Gasteiger partial charge on any atom is -0.492 e. The fourth-order valence-electron chi connectivity index (χ4n) is 2.64. The summed E-state index contributed by atoms with van der Waals surface area (Å²) in [6, 6.07) is 11.7. The second kappa shape index (κ2) is 9.23.